The van der Waals surface area contributed by atoms with Crippen molar-refractivity contribution in [3.8, 4) is 0 Å². The average molecular weight is 358 g/mol. The molecule has 1 saturated carbocycles. The minimum absolute atomic E-state index is 0.337. The van der Waals surface area contributed by atoms with Gasteiger partial charge in [-0.2, -0.15) is 0 Å². The molecule has 2 atom stereocenters. The number of carbonyl (C=O) groups is 1. The Morgan fingerprint density at radius 2 is 2.19 bits per heavy atom. The minimum Gasteiger partial charge on any atom is -0.339 e. The highest BCUT2D eigenvalue weighted by Gasteiger charge is 2.51. The highest BCUT2D eigenvalue weighted by atomic mass is 16.2. The first-order valence-corrected chi connectivity index (χ1v) is 10.4. The van der Waals surface area contributed by atoms with Gasteiger partial charge in [-0.1, -0.05) is 45.3 Å². The summed E-state index contributed by atoms with van der Waals surface area (Å²) in [4.78, 5) is 19.1. The van der Waals surface area contributed by atoms with Crippen molar-refractivity contribution in [2.45, 2.75) is 72.3 Å². The van der Waals surface area contributed by atoms with Crippen molar-refractivity contribution in [1.29, 1.82) is 0 Å². The van der Waals surface area contributed by atoms with Crippen molar-refractivity contribution < 1.29 is 4.79 Å². The largest absolute Gasteiger partial charge is 0.339 e. The highest BCUT2D eigenvalue weighted by Crippen LogP contribution is 2.59. The van der Waals surface area contributed by atoms with Crippen LogP contribution in [0.2, 0.25) is 0 Å². The van der Waals surface area contributed by atoms with E-state index >= 15 is 0 Å². The molecule has 2 bridgehead atoms. The van der Waals surface area contributed by atoms with Crippen LogP contribution in [0.5, 0.6) is 0 Å². The topological polar surface area (TPSA) is 38.1 Å². The van der Waals surface area contributed by atoms with Gasteiger partial charge in [-0.25, -0.2) is 4.98 Å². The van der Waals surface area contributed by atoms with Crippen LogP contribution in [-0.4, -0.2) is 33.4 Å². The SMILES string of the molecule is CCCCCC(=O)N(CCCn1ccnc1)CC1=CCC2CC1C2(C)C. The molecule has 1 aromatic heterocycles. The second-order valence-electron chi connectivity index (χ2n) is 8.75. The molecule has 0 aliphatic heterocycles. The fourth-order valence-corrected chi connectivity index (χ4v) is 4.72. The second kappa shape index (κ2) is 8.41. The van der Waals surface area contributed by atoms with Crippen LogP contribution in [0.3, 0.4) is 0 Å². The highest BCUT2D eigenvalue weighted by molar-refractivity contribution is 5.76. The van der Waals surface area contributed by atoms with E-state index in [1.165, 1.54) is 18.4 Å². The Morgan fingerprint density at radius 1 is 1.35 bits per heavy atom. The maximum absolute atomic E-state index is 12.8. The van der Waals surface area contributed by atoms with Gasteiger partial charge in [-0.05, 0) is 42.9 Å². The second-order valence-corrected chi connectivity index (χ2v) is 8.75. The van der Waals surface area contributed by atoms with Gasteiger partial charge in [0.15, 0.2) is 0 Å². The molecule has 0 radical (unpaired) electrons. The van der Waals surface area contributed by atoms with E-state index < -0.39 is 0 Å². The summed E-state index contributed by atoms with van der Waals surface area (Å²) < 4.78 is 2.10. The van der Waals surface area contributed by atoms with Crippen LogP contribution in [0.4, 0.5) is 0 Å². The van der Waals surface area contributed by atoms with Crippen LogP contribution in [0.15, 0.2) is 30.4 Å². The van der Waals surface area contributed by atoms with E-state index in [2.05, 4.69) is 41.3 Å². The third-order valence-electron chi connectivity index (χ3n) is 6.71. The van der Waals surface area contributed by atoms with Crippen molar-refractivity contribution >= 4 is 5.91 Å². The number of hydrogen-bond donors (Lipinski definition) is 0. The predicted molar refractivity (Wildman–Crippen MR) is 106 cm³/mol. The van der Waals surface area contributed by atoms with Gasteiger partial charge < -0.3 is 9.47 Å². The van der Waals surface area contributed by atoms with Crippen molar-refractivity contribution in [3.05, 3.63) is 30.4 Å². The van der Waals surface area contributed by atoms with E-state index in [4.69, 9.17) is 0 Å². The zero-order valence-corrected chi connectivity index (χ0v) is 16.8. The van der Waals surface area contributed by atoms with E-state index in [0.717, 1.165) is 51.2 Å². The normalized spacial score (nSPS) is 23.3. The Hall–Kier alpha value is -1.58. The van der Waals surface area contributed by atoms with E-state index in [0.29, 0.717) is 23.7 Å². The number of allylic oxidation sites excluding steroid dienone is 1. The van der Waals surface area contributed by atoms with Crippen molar-refractivity contribution in [2.75, 3.05) is 13.1 Å². The molecule has 0 aromatic carbocycles. The molecule has 4 nitrogen and oxygen atoms in total. The number of rotatable bonds is 10. The number of hydrogen-bond acceptors (Lipinski definition) is 2. The molecular formula is C22H35N3O. The van der Waals surface area contributed by atoms with Gasteiger partial charge in [0.1, 0.15) is 0 Å². The van der Waals surface area contributed by atoms with Gasteiger partial charge >= 0.3 is 0 Å². The van der Waals surface area contributed by atoms with E-state index in [1.807, 2.05) is 18.7 Å². The maximum Gasteiger partial charge on any atom is 0.222 e. The molecule has 0 saturated heterocycles. The van der Waals surface area contributed by atoms with Gasteiger partial charge in [-0.3, -0.25) is 4.79 Å². The number of aromatic nitrogens is 2. The fourth-order valence-electron chi connectivity index (χ4n) is 4.72. The maximum atomic E-state index is 12.8. The van der Waals surface area contributed by atoms with Crippen LogP contribution in [-0.2, 0) is 11.3 Å². The quantitative estimate of drug-likeness (QED) is 0.451. The lowest BCUT2D eigenvalue weighted by molar-refractivity contribution is -0.131. The Morgan fingerprint density at radius 3 is 2.85 bits per heavy atom. The Bertz CT molecular complexity index is 617. The van der Waals surface area contributed by atoms with Gasteiger partial charge in [-0.15, -0.1) is 0 Å². The van der Waals surface area contributed by atoms with E-state index in [1.54, 1.807) is 0 Å². The molecule has 3 aliphatic rings. The van der Waals surface area contributed by atoms with Crippen LogP contribution in [0.1, 0.15) is 65.7 Å². The lowest BCUT2D eigenvalue weighted by atomic mass is 9.49. The summed E-state index contributed by atoms with van der Waals surface area (Å²) in [5.41, 5.74) is 1.95. The first kappa shape index (κ1) is 19.2. The molecular weight excluding hydrogens is 322 g/mol. The molecule has 26 heavy (non-hydrogen) atoms. The smallest absolute Gasteiger partial charge is 0.222 e. The standard InChI is InChI=1S/C22H35N3O/c1-4-5-6-8-21(26)25(13-7-12-24-14-11-23-17-24)16-18-9-10-19-15-20(18)22(19,2)3/h9,11,14,17,19-20H,4-8,10,12-13,15-16H2,1-3H3. The number of carbonyl (C=O) groups excluding carboxylic acids is 1. The van der Waals surface area contributed by atoms with Crippen LogP contribution < -0.4 is 0 Å². The molecule has 144 valence electrons. The Kier molecular flexibility index (Phi) is 6.20. The number of aryl methyl sites for hydroxylation is 1. The molecule has 1 aromatic rings. The Balaban J connectivity index is 1.58. The Labute approximate surface area is 158 Å². The van der Waals surface area contributed by atoms with Gasteiger partial charge in [0.05, 0.1) is 6.33 Å². The van der Waals surface area contributed by atoms with Gasteiger partial charge in [0, 0.05) is 38.4 Å². The molecule has 0 N–H and O–H groups in total. The minimum atomic E-state index is 0.337. The summed E-state index contributed by atoms with van der Waals surface area (Å²) >= 11 is 0. The number of amides is 1. The average Bonchev–Trinajstić information content (AvgIpc) is 3.14. The molecule has 2 unspecified atom stereocenters. The molecule has 1 fully saturated rings. The number of unbranched alkanes of at least 4 members (excludes halogenated alkanes) is 2. The van der Waals surface area contributed by atoms with Gasteiger partial charge in [0.2, 0.25) is 5.91 Å². The molecule has 3 aliphatic carbocycles. The van der Waals surface area contributed by atoms with Gasteiger partial charge in [0.25, 0.3) is 0 Å². The summed E-state index contributed by atoms with van der Waals surface area (Å²) in [6.07, 6.45) is 15.6. The molecule has 4 rings (SSSR count). The first-order chi connectivity index (χ1) is 12.5. The van der Waals surface area contributed by atoms with Crippen LogP contribution in [0, 0.1) is 17.3 Å². The lowest BCUT2D eigenvalue weighted by Gasteiger charge is -2.57. The number of imidazole rings is 1. The molecule has 1 heterocycles. The predicted octanol–water partition coefficient (Wildman–Crippen LogP) is 4.67. The summed E-state index contributed by atoms with van der Waals surface area (Å²) in [5.74, 6) is 1.87. The summed E-state index contributed by atoms with van der Waals surface area (Å²) in [6, 6.07) is 0. The molecule has 4 heteroatoms. The lowest BCUT2D eigenvalue weighted by Crippen LogP contribution is -2.50. The monoisotopic (exact) mass is 357 g/mol. The molecule has 1 amide bonds. The zero-order valence-electron chi connectivity index (χ0n) is 16.8. The summed E-state index contributed by atoms with van der Waals surface area (Å²) in [6.45, 7) is 9.62. The van der Waals surface area contributed by atoms with E-state index in [-0.39, 0.29) is 0 Å². The van der Waals surface area contributed by atoms with Crippen LogP contribution in [0.25, 0.3) is 0 Å². The fraction of sp³-hybridized carbons (Fsp3) is 0.727. The zero-order chi connectivity index (χ0) is 18.6. The summed E-state index contributed by atoms with van der Waals surface area (Å²) in [5, 5.41) is 0. The number of nitrogens with zero attached hydrogens (tertiary/aromatic N) is 3. The van der Waals surface area contributed by atoms with E-state index in [9.17, 15) is 4.79 Å². The van der Waals surface area contributed by atoms with Crippen LogP contribution >= 0.6 is 0 Å². The van der Waals surface area contributed by atoms with Crippen molar-refractivity contribution in [2.24, 2.45) is 17.3 Å². The van der Waals surface area contributed by atoms with Crippen molar-refractivity contribution in [3.63, 3.8) is 0 Å². The third-order valence-corrected chi connectivity index (χ3v) is 6.71. The molecule has 0 spiro atoms. The third kappa shape index (κ3) is 4.21. The summed E-state index contributed by atoms with van der Waals surface area (Å²) in [7, 11) is 0. The van der Waals surface area contributed by atoms with Crippen molar-refractivity contribution in [1.82, 2.24) is 14.5 Å². The first-order valence-electron chi connectivity index (χ1n) is 10.4. The number of fused-ring (bicyclic) bond motifs is 1.